The van der Waals surface area contributed by atoms with Gasteiger partial charge in [-0.05, 0) is 24.1 Å². The summed E-state index contributed by atoms with van der Waals surface area (Å²) in [4.78, 5) is 27.0. The van der Waals surface area contributed by atoms with Crippen LogP contribution in [0, 0.1) is 0 Å². The van der Waals surface area contributed by atoms with Crippen LogP contribution in [-0.2, 0) is 14.3 Å². The summed E-state index contributed by atoms with van der Waals surface area (Å²) in [5.74, 6) is -1.52. The van der Waals surface area contributed by atoms with Gasteiger partial charge in [0, 0.05) is 25.8 Å². The molecule has 2 aromatic rings. The largest absolute Gasteiger partial charge is 0.507 e. The Morgan fingerprint density at radius 2 is 1.83 bits per heavy atom. The van der Waals surface area contributed by atoms with Crippen LogP contribution in [0.1, 0.15) is 23.6 Å². The van der Waals surface area contributed by atoms with Crippen molar-refractivity contribution in [2.45, 2.75) is 12.5 Å². The quantitative estimate of drug-likeness (QED) is 0.323. The Morgan fingerprint density at radius 3 is 2.48 bits per heavy atom. The van der Waals surface area contributed by atoms with Crippen LogP contribution in [0.25, 0.3) is 5.76 Å². The molecular weight excluding hydrogens is 374 g/mol. The molecule has 29 heavy (non-hydrogen) atoms. The van der Waals surface area contributed by atoms with Crippen LogP contribution in [0.15, 0.2) is 54.1 Å². The number of hydrogen-bond acceptors (Lipinski definition) is 6. The molecule has 1 atom stereocenters. The number of methoxy groups -OCH3 is 2. The lowest BCUT2D eigenvalue weighted by Crippen LogP contribution is -2.31. The van der Waals surface area contributed by atoms with Crippen LogP contribution in [0.3, 0.4) is 0 Å². The highest BCUT2D eigenvalue weighted by Crippen LogP contribution is 2.41. The second-order valence-corrected chi connectivity index (χ2v) is 6.64. The van der Waals surface area contributed by atoms with Crippen LogP contribution >= 0.6 is 0 Å². The topological polar surface area (TPSA) is 96.3 Å². The number of aliphatic hydroxyl groups is 1. The van der Waals surface area contributed by atoms with Gasteiger partial charge in [0.25, 0.3) is 11.7 Å². The summed E-state index contributed by atoms with van der Waals surface area (Å²) in [6, 6.07) is 12.4. The predicted molar refractivity (Wildman–Crippen MR) is 107 cm³/mol. The fraction of sp³-hybridized carbons (Fsp3) is 0.273. The number of phenols is 1. The Bertz CT molecular complexity index is 938. The van der Waals surface area contributed by atoms with Crippen LogP contribution in [0.2, 0.25) is 0 Å². The van der Waals surface area contributed by atoms with Crippen molar-refractivity contribution in [2.24, 2.45) is 0 Å². The van der Waals surface area contributed by atoms with Crippen LogP contribution in [0.5, 0.6) is 11.5 Å². The van der Waals surface area contributed by atoms with Crippen LogP contribution in [0.4, 0.5) is 0 Å². The molecule has 2 N–H and O–H groups in total. The molecule has 3 rings (SSSR count). The zero-order valence-corrected chi connectivity index (χ0v) is 16.3. The van der Waals surface area contributed by atoms with Crippen LogP contribution < -0.4 is 4.74 Å². The number of ether oxygens (including phenoxy) is 2. The first-order chi connectivity index (χ1) is 14.0. The van der Waals surface area contributed by atoms with E-state index < -0.39 is 17.7 Å². The molecule has 1 amide bonds. The lowest BCUT2D eigenvalue weighted by Gasteiger charge is -2.25. The first kappa shape index (κ1) is 20.4. The van der Waals surface area contributed by atoms with Crippen molar-refractivity contribution >= 4 is 17.4 Å². The minimum atomic E-state index is -0.804. The fourth-order valence-corrected chi connectivity index (χ4v) is 3.45. The van der Waals surface area contributed by atoms with Gasteiger partial charge in [-0.2, -0.15) is 0 Å². The Balaban J connectivity index is 2.14. The summed E-state index contributed by atoms with van der Waals surface area (Å²) in [6.45, 7) is 0.700. The number of benzene rings is 2. The number of carbonyl (C=O) groups is 2. The molecule has 1 heterocycles. The minimum Gasteiger partial charge on any atom is -0.507 e. The maximum atomic E-state index is 12.8. The zero-order chi connectivity index (χ0) is 21.0. The average molecular weight is 397 g/mol. The first-order valence-electron chi connectivity index (χ1n) is 9.19. The van der Waals surface area contributed by atoms with Crippen molar-refractivity contribution in [3.8, 4) is 11.5 Å². The van der Waals surface area contributed by atoms with Gasteiger partial charge in [0.15, 0.2) is 11.5 Å². The van der Waals surface area contributed by atoms with E-state index in [9.17, 15) is 19.8 Å². The van der Waals surface area contributed by atoms with E-state index in [1.165, 1.54) is 18.1 Å². The number of amides is 1. The van der Waals surface area contributed by atoms with E-state index in [-0.39, 0.29) is 29.4 Å². The number of rotatable bonds is 7. The van der Waals surface area contributed by atoms with Crippen molar-refractivity contribution in [3.05, 3.63) is 65.2 Å². The molecule has 1 aliphatic heterocycles. The van der Waals surface area contributed by atoms with E-state index >= 15 is 0 Å². The maximum absolute atomic E-state index is 12.8. The number of phenolic OH excluding ortho intramolecular Hbond substituents is 1. The Kier molecular flexibility index (Phi) is 6.19. The molecule has 2 aromatic carbocycles. The van der Waals surface area contributed by atoms with E-state index in [1.54, 1.807) is 49.6 Å². The number of nitrogens with zero attached hydrogens (tertiary/aromatic N) is 1. The van der Waals surface area contributed by atoms with E-state index in [1.807, 2.05) is 0 Å². The number of Topliss-reactive ketones (excluding diaryl/α,β-unsaturated/α-hetero) is 1. The zero-order valence-electron chi connectivity index (χ0n) is 16.3. The third kappa shape index (κ3) is 3.95. The molecule has 0 aromatic heterocycles. The molecular formula is C22H23NO6. The number of likely N-dealkylation sites (tertiary alicyclic amines) is 1. The van der Waals surface area contributed by atoms with Gasteiger partial charge in [0.2, 0.25) is 0 Å². The lowest BCUT2D eigenvalue weighted by atomic mass is 9.95. The summed E-state index contributed by atoms with van der Waals surface area (Å²) in [5.41, 5.74) is 0.998. The van der Waals surface area contributed by atoms with Crippen molar-refractivity contribution in [3.63, 3.8) is 0 Å². The van der Waals surface area contributed by atoms with Gasteiger partial charge in [-0.1, -0.05) is 36.4 Å². The smallest absolute Gasteiger partial charge is 0.295 e. The summed E-state index contributed by atoms with van der Waals surface area (Å²) in [7, 11) is 2.98. The molecule has 7 nitrogen and oxygen atoms in total. The number of aromatic hydroxyl groups is 1. The molecule has 1 aliphatic rings. The second kappa shape index (κ2) is 8.79. The third-order valence-electron chi connectivity index (χ3n) is 4.85. The van der Waals surface area contributed by atoms with Gasteiger partial charge in [-0.3, -0.25) is 9.59 Å². The SMILES string of the molecule is COCCCN1C(=O)C(=O)/C(=C(/O)c2ccccc2)C1c1ccc(O)c(OC)c1. The van der Waals surface area contributed by atoms with Gasteiger partial charge in [0.05, 0.1) is 18.7 Å². The Labute approximate surface area is 168 Å². The van der Waals surface area contributed by atoms with Crippen molar-refractivity contribution < 1.29 is 29.3 Å². The van der Waals surface area contributed by atoms with Gasteiger partial charge in [-0.25, -0.2) is 0 Å². The standard InChI is InChI=1S/C22H23NO6/c1-28-12-6-11-23-19(15-9-10-16(24)17(13-15)29-2)18(21(26)22(23)27)20(25)14-7-4-3-5-8-14/h3-5,7-10,13,19,24-25H,6,11-12H2,1-2H3/b20-18+. The molecule has 1 fully saturated rings. The number of carbonyl (C=O) groups excluding carboxylic acids is 2. The molecule has 1 saturated heterocycles. The van der Waals surface area contributed by atoms with Crippen molar-refractivity contribution in [1.29, 1.82) is 0 Å². The second-order valence-electron chi connectivity index (χ2n) is 6.64. The highest BCUT2D eigenvalue weighted by molar-refractivity contribution is 6.46. The van der Waals surface area contributed by atoms with E-state index in [4.69, 9.17) is 9.47 Å². The minimum absolute atomic E-state index is 0.00589. The van der Waals surface area contributed by atoms with Gasteiger partial charge >= 0.3 is 0 Å². The molecule has 1 unspecified atom stereocenters. The van der Waals surface area contributed by atoms with Crippen molar-refractivity contribution in [2.75, 3.05) is 27.4 Å². The predicted octanol–water partition coefficient (Wildman–Crippen LogP) is 2.86. The summed E-state index contributed by atoms with van der Waals surface area (Å²) in [6.07, 6.45) is 0.528. The Morgan fingerprint density at radius 1 is 1.10 bits per heavy atom. The highest BCUT2D eigenvalue weighted by Gasteiger charge is 2.46. The monoisotopic (exact) mass is 397 g/mol. The van der Waals surface area contributed by atoms with E-state index in [0.717, 1.165) is 0 Å². The Hall–Kier alpha value is -3.32. The molecule has 7 heteroatoms. The summed E-state index contributed by atoms with van der Waals surface area (Å²) in [5, 5.41) is 20.8. The van der Waals surface area contributed by atoms with E-state index in [0.29, 0.717) is 24.2 Å². The summed E-state index contributed by atoms with van der Waals surface area (Å²) >= 11 is 0. The maximum Gasteiger partial charge on any atom is 0.295 e. The number of ketones is 1. The van der Waals surface area contributed by atoms with Gasteiger partial charge in [0.1, 0.15) is 5.76 Å². The third-order valence-corrected chi connectivity index (χ3v) is 4.85. The normalized spacial score (nSPS) is 18.3. The fourth-order valence-electron chi connectivity index (χ4n) is 3.45. The van der Waals surface area contributed by atoms with Crippen LogP contribution in [-0.4, -0.2) is 54.2 Å². The first-order valence-corrected chi connectivity index (χ1v) is 9.19. The average Bonchev–Trinajstić information content (AvgIpc) is 2.99. The molecule has 0 spiro atoms. The number of aliphatic hydroxyl groups excluding tert-OH is 1. The molecule has 0 bridgehead atoms. The lowest BCUT2D eigenvalue weighted by molar-refractivity contribution is -0.140. The van der Waals surface area contributed by atoms with E-state index in [2.05, 4.69) is 0 Å². The number of hydrogen-bond donors (Lipinski definition) is 2. The molecule has 0 saturated carbocycles. The summed E-state index contributed by atoms with van der Waals surface area (Å²) < 4.78 is 10.2. The van der Waals surface area contributed by atoms with Crippen molar-refractivity contribution in [1.82, 2.24) is 4.90 Å². The highest BCUT2D eigenvalue weighted by atomic mass is 16.5. The molecule has 0 aliphatic carbocycles. The molecule has 152 valence electrons. The molecule has 0 radical (unpaired) electrons. The van der Waals surface area contributed by atoms with Gasteiger partial charge < -0.3 is 24.6 Å². The van der Waals surface area contributed by atoms with Gasteiger partial charge in [-0.15, -0.1) is 0 Å².